The molecule has 0 spiro atoms. The van der Waals surface area contributed by atoms with E-state index in [0.717, 1.165) is 0 Å². The molecule has 0 unspecified atom stereocenters. The molecule has 8 heteroatoms. The van der Waals surface area contributed by atoms with Gasteiger partial charge in [-0.3, -0.25) is 19.2 Å². The number of nitrogens with zero attached hydrogens (tertiary/aromatic N) is 1. The Balaban J connectivity index is 2.78. The second-order valence-electron chi connectivity index (χ2n) is 3.61. The number of carbonyl (C=O) groups excluding carboxylic acids is 1. The SMILES string of the molecule is CCOP(=O)(/N=C(\N)NC(=O)c1ccccc1)OCC. The zero-order valence-corrected chi connectivity index (χ0v) is 12.3. The predicted octanol–water partition coefficient (Wildman–Crippen LogP) is 1.91. The molecule has 1 rings (SSSR count). The normalized spacial score (nSPS) is 12.2. The number of hydrogen-bond donors (Lipinski definition) is 2. The van der Waals surface area contributed by atoms with E-state index in [1.807, 2.05) is 0 Å². The summed E-state index contributed by atoms with van der Waals surface area (Å²) in [5, 5.41) is 2.33. The third kappa shape index (κ3) is 5.13. The summed E-state index contributed by atoms with van der Waals surface area (Å²) >= 11 is 0. The van der Waals surface area contributed by atoms with Crippen molar-refractivity contribution >= 4 is 19.6 Å². The molecule has 0 bridgehead atoms. The summed E-state index contributed by atoms with van der Waals surface area (Å²) in [5.74, 6) is -0.768. The summed E-state index contributed by atoms with van der Waals surface area (Å²) in [6.07, 6.45) is 0. The third-order valence-electron chi connectivity index (χ3n) is 2.09. The first-order valence-electron chi connectivity index (χ1n) is 6.12. The van der Waals surface area contributed by atoms with Gasteiger partial charge in [-0.1, -0.05) is 18.2 Å². The quantitative estimate of drug-likeness (QED) is 0.474. The van der Waals surface area contributed by atoms with Gasteiger partial charge in [-0.25, -0.2) is 4.57 Å². The molecule has 0 aliphatic heterocycles. The Morgan fingerprint density at radius 3 is 2.30 bits per heavy atom. The van der Waals surface area contributed by atoms with Crippen molar-refractivity contribution in [1.82, 2.24) is 5.32 Å². The Bertz CT molecular complexity index is 509. The van der Waals surface area contributed by atoms with Crippen LogP contribution in [0.2, 0.25) is 0 Å². The van der Waals surface area contributed by atoms with Gasteiger partial charge in [0.05, 0.1) is 13.2 Å². The third-order valence-corrected chi connectivity index (χ3v) is 3.72. The fourth-order valence-electron chi connectivity index (χ4n) is 1.36. The summed E-state index contributed by atoms with van der Waals surface area (Å²) in [5.41, 5.74) is 5.95. The Hall–Kier alpha value is -1.69. The van der Waals surface area contributed by atoms with Gasteiger partial charge < -0.3 is 5.73 Å². The molecular weight excluding hydrogens is 281 g/mol. The van der Waals surface area contributed by atoms with Crippen molar-refractivity contribution in [3.63, 3.8) is 0 Å². The molecule has 0 aliphatic rings. The number of nitrogens with two attached hydrogens (primary N) is 1. The molecule has 0 aliphatic carbocycles. The highest BCUT2D eigenvalue weighted by Crippen LogP contribution is 2.49. The van der Waals surface area contributed by atoms with E-state index in [1.54, 1.807) is 44.2 Å². The lowest BCUT2D eigenvalue weighted by atomic mass is 10.2. The van der Waals surface area contributed by atoms with Crippen LogP contribution < -0.4 is 11.1 Å². The largest absolute Gasteiger partial charge is 0.457 e. The molecule has 3 N–H and O–H groups in total. The minimum atomic E-state index is -3.68. The molecule has 1 aromatic rings. The van der Waals surface area contributed by atoms with Gasteiger partial charge in [0.1, 0.15) is 0 Å². The Morgan fingerprint density at radius 2 is 1.80 bits per heavy atom. The van der Waals surface area contributed by atoms with Crippen molar-refractivity contribution < 1.29 is 18.4 Å². The maximum absolute atomic E-state index is 12.1. The molecule has 7 nitrogen and oxygen atoms in total. The number of nitrogens with one attached hydrogen (secondary N) is 1. The fraction of sp³-hybridized carbons (Fsp3) is 0.333. The monoisotopic (exact) mass is 299 g/mol. The molecule has 0 aromatic heterocycles. The van der Waals surface area contributed by atoms with E-state index in [-0.39, 0.29) is 19.2 Å². The van der Waals surface area contributed by atoms with Crippen LogP contribution in [0.1, 0.15) is 24.2 Å². The van der Waals surface area contributed by atoms with Gasteiger partial charge in [-0.15, -0.1) is 4.76 Å². The molecule has 0 atom stereocenters. The molecule has 0 radical (unpaired) electrons. The van der Waals surface area contributed by atoms with Crippen LogP contribution in [0.15, 0.2) is 35.1 Å². The van der Waals surface area contributed by atoms with Crippen molar-refractivity contribution in [3.8, 4) is 0 Å². The smallest absolute Gasteiger partial charge is 0.369 e. The summed E-state index contributed by atoms with van der Waals surface area (Å²) in [7, 11) is -3.68. The van der Waals surface area contributed by atoms with Gasteiger partial charge in [0, 0.05) is 5.56 Å². The van der Waals surface area contributed by atoms with E-state index in [1.165, 1.54) is 0 Å². The van der Waals surface area contributed by atoms with Crippen LogP contribution in [-0.2, 0) is 13.6 Å². The van der Waals surface area contributed by atoms with Gasteiger partial charge in [0.25, 0.3) is 5.91 Å². The molecular formula is C12H18N3O4P. The lowest BCUT2D eigenvalue weighted by Crippen LogP contribution is -2.36. The van der Waals surface area contributed by atoms with Crippen LogP contribution >= 0.6 is 7.75 Å². The van der Waals surface area contributed by atoms with Gasteiger partial charge in [0.15, 0.2) is 0 Å². The molecule has 0 fully saturated rings. The van der Waals surface area contributed by atoms with Crippen molar-refractivity contribution in [2.75, 3.05) is 13.2 Å². The average molecular weight is 299 g/mol. The maximum Gasteiger partial charge on any atom is 0.457 e. The predicted molar refractivity (Wildman–Crippen MR) is 76.4 cm³/mol. The van der Waals surface area contributed by atoms with E-state index in [9.17, 15) is 9.36 Å². The number of amides is 1. The molecule has 110 valence electrons. The highest BCUT2D eigenvalue weighted by Gasteiger charge is 2.23. The zero-order valence-electron chi connectivity index (χ0n) is 11.4. The van der Waals surface area contributed by atoms with Crippen LogP contribution in [0.3, 0.4) is 0 Å². The van der Waals surface area contributed by atoms with Gasteiger partial charge >= 0.3 is 7.75 Å². The Morgan fingerprint density at radius 1 is 1.25 bits per heavy atom. The van der Waals surface area contributed by atoms with Crippen LogP contribution in [-0.4, -0.2) is 25.1 Å². The van der Waals surface area contributed by atoms with Crippen molar-refractivity contribution in [1.29, 1.82) is 0 Å². The number of hydrogen-bond acceptors (Lipinski definition) is 4. The van der Waals surface area contributed by atoms with Crippen LogP contribution in [0.5, 0.6) is 0 Å². The summed E-state index contributed by atoms with van der Waals surface area (Å²) < 4.78 is 25.6. The lowest BCUT2D eigenvalue weighted by molar-refractivity contribution is 0.0977. The lowest BCUT2D eigenvalue weighted by Gasteiger charge is -2.12. The van der Waals surface area contributed by atoms with Crippen LogP contribution in [0.4, 0.5) is 0 Å². The number of carbonyl (C=O) groups is 1. The fourth-order valence-corrected chi connectivity index (χ4v) is 2.51. The maximum atomic E-state index is 12.1. The Labute approximate surface area is 117 Å². The topological polar surface area (TPSA) is 103 Å². The highest BCUT2D eigenvalue weighted by molar-refractivity contribution is 7.52. The first-order valence-corrected chi connectivity index (χ1v) is 7.61. The van der Waals surface area contributed by atoms with E-state index in [0.29, 0.717) is 5.56 Å². The second-order valence-corrected chi connectivity index (χ2v) is 5.26. The molecule has 1 aromatic carbocycles. The number of benzene rings is 1. The number of guanidine groups is 1. The van der Waals surface area contributed by atoms with E-state index < -0.39 is 13.7 Å². The van der Waals surface area contributed by atoms with Crippen molar-refractivity contribution in [2.45, 2.75) is 13.8 Å². The first-order chi connectivity index (χ1) is 9.50. The minimum Gasteiger partial charge on any atom is -0.369 e. The standard InChI is InChI=1S/C12H18N3O4P/c1-3-18-20(17,19-4-2)15-12(13)14-11(16)10-8-6-5-7-9-10/h5-9H,3-4H2,1-2H3,(H3,13,14,15,16,17). The second kappa shape index (κ2) is 7.79. The van der Waals surface area contributed by atoms with E-state index in [2.05, 4.69) is 10.1 Å². The minimum absolute atomic E-state index is 0.153. The Kier molecular flexibility index (Phi) is 6.38. The van der Waals surface area contributed by atoms with Gasteiger partial charge in [-0.05, 0) is 26.0 Å². The van der Waals surface area contributed by atoms with Gasteiger partial charge in [0.2, 0.25) is 5.96 Å². The molecule has 0 saturated heterocycles. The summed E-state index contributed by atoms with van der Waals surface area (Å²) in [6, 6.07) is 8.45. The van der Waals surface area contributed by atoms with E-state index >= 15 is 0 Å². The average Bonchev–Trinajstić information content (AvgIpc) is 2.39. The van der Waals surface area contributed by atoms with Gasteiger partial charge in [-0.2, -0.15) is 0 Å². The highest BCUT2D eigenvalue weighted by atomic mass is 31.2. The van der Waals surface area contributed by atoms with E-state index in [4.69, 9.17) is 14.8 Å². The molecule has 0 heterocycles. The molecule has 1 amide bonds. The van der Waals surface area contributed by atoms with Crippen LogP contribution in [0.25, 0.3) is 0 Å². The molecule has 20 heavy (non-hydrogen) atoms. The zero-order chi connectivity index (χ0) is 15.0. The first kappa shape index (κ1) is 16.4. The number of rotatable bonds is 6. The summed E-state index contributed by atoms with van der Waals surface area (Å²) in [4.78, 5) is 11.8. The van der Waals surface area contributed by atoms with Crippen molar-refractivity contribution in [3.05, 3.63) is 35.9 Å². The summed E-state index contributed by atoms with van der Waals surface area (Å²) in [6.45, 7) is 3.61. The molecule has 0 saturated carbocycles. The van der Waals surface area contributed by atoms with Crippen molar-refractivity contribution in [2.24, 2.45) is 10.5 Å². The van der Waals surface area contributed by atoms with Crippen LogP contribution in [0, 0.1) is 0 Å².